The lowest BCUT2D eigenvalue weighted by atomic mass is 9.89. The highest BCUT2D eigenvalue weighted by molar-refractivity contribution is 6.25. The van der Waals surface area contributed by atoms with Crippen molar-refractivity contribution in [1.29, 1.82) is 0 Å². The van der Waals surface area contributed by atoms with Gasteiger partial charge in [0.05, 0.1) is 0 Å². The van der Waals surface area contributed by atoms with E-state index < -0.39 is 0 Å². The Balaban J connectivity index is 1.34. The van der Waals surface area contributed by atoms with Crippen LogP contribution in [0.1, 0.15) is 72.9 Å². The highest BCUT2D eigenvalue weighted by atomic mass is 14.1. The van der Waals surface area contributed by atoms with Gasteiger partial charge in [-0.15, -0.1) is 0 Å². The molecule has 0 nitrogen and oxygen atoms in total. The first-order valence-corrected chi connectivity index (χ1v) is 15.0. The monoisotopic (exact) mass is 518 g/mol. The fourth-order valence-corrected chi connectivity index (χ4v) is 5.86. The maximum Gasteiger partial charge on any atom is -0.00206 e. The summed E-state index contributed by atoms with van der Waals surface area (Å²) >= 11 is 0. The summed E-state index contributed by atoms with van der Waals surface area (Å²) in [6, 6.07) is 36.3. The van der Waals surface area contributed by atoms with Gasteiger partial charge in [-0.05, 0) is 91.4 Å². The Kier molecular flexibility index (Phi) is 7.78. The van der Waals surface area contributed by atoms with E-state index in [1.807, 2.05) is 0 Å². The third-order valence-electron chi connectivity index (χ3n) is 8.24. The van der Waals surface area contributed by atoms with Crippen LogP contribution in [-0.4, -0.2) is 0 Å². The van der Waals surface area contributed by atoms with Gasteiger partial charge in [-0.2, -0.15) is 0 Å². The topological polar surface area (TPSA) is 0 Å². The van der Waals surface area contributed by atoms with Gasteiger partial charge in [0.25, 0.3) is 0 Å². The molecule has 0 aromatic heterocycles. The van der Waals surface area contributed by atoms with Gasteiger partial charge in [0.2, 0.25) is 0 Å². The standard InChI is InChI=1S/C40H38/c1-3-5-7-29-9-13-31(14-10-29)17-19-33-21-23-35-26-28-38-34(22-24-36-25-27-37(33)39(35)40(36)38)20-18-32-15-11-30(12-16-32)8-6-4-2/h9-28H,3-8H2,1-2H3/b19-17+,20-18+. The van der Waals surface area contributed by atoms with Crippen LogP contribution in [0.3, 0.4) is 0 Å². The molecule has 0 atom stereocenters. The van der Waals surface area contributed by atoms with Crippen LogP contribution >= 0.6 is 0 Å². The van der Waals surface area contributed by atoms with E-state index in [2.05, 4.69) is 135 Å². The second-order valence-corrected chi connectivity index (χ2v) is 11.1. The number of unbranched alkanes of at least 4 members (excludes halogenated alkanes) is 2. The molecule has 198 valence electrons. The molecule has 40 heavy (non-hydrogen) atoms. The molecule has 0 radical (unpaired) electrons. The fraction of sp³-hybridized carbons (Fsp3) is 0.200. The predicted octanol–water partition coefficient (Wildman–Crippen LogP) is 11.6. The lowest BCUT2D eigenvalue weighted by Crippen LogP contribution is -1.88. The third kappa shape index (κ3) is 5.45. The molecule has 0 saturated carbocycles. The van der Waals surface area contributed by atoms with Crippen molar-refractivity contribution >= 4 is 56.6 Å². The van der Waals surface area contributed by atoms with E-state index in [0.717, 1.165) is 12.8 Å². The van der Waals surface area contributed by atoms with Crippen LogP contribution in [0.4, 0.5) is 0 Å². The van der Waals surface area contributed by atoms with Gasteiger partial charge < -0.3 is 0 Å². The minimum atomic E-state index is 1.16. The Morgan fingerprint density at radius 3 is 1.23 bits per heavy atom. The lowest BCUT2D eigenvalue weighted by Gasteiger charge is -2.14. The van der Waals surface area contributed by atoms with Crippen LogP contribution in [0.25, 0.3) is 56.6 Å². The summed E-state index contributed by atoms with van der Waals surface area (Å²) in [7, 11) is 0. The lowest BCUT2D eigenvalue weighted by molar-refractivity contribution is 0.795. The first-order valence-electron chi connectivity index (χ1n) is 15.0. The van der Waals surface area contributed by atoms with Crippen LogP contribution in [0.2, 0.25) is 0 Å². The molecule has 0 saturated heterocycles. The van der Waals surface area contributed by atoms with Crippen LogP contribution in [0.5, 0.6) is 0 Å². The van der Waals surface area contributed by atoms with Gasteiger partial charge >= 0.3 is 0 Å². The minimum Gasteiger partial charge on any atom is -0.0654 e. The van der Waals surface area contributed by atoms with E-state index in [0.29, 0.717) is 0 Å². The van der Waals surface area contributed by atoms with Crippen molar-refractivity contribution in [1.82, 2.24) is 0 Å². The van der Waals surface area contributed by atoms with Crippen LogP contribution < -0.4 is 0 Å². The molecule has 6 aromatic carbocycles. The summed E-state index contributed by atoms with van der Waals surface area (Å²) in [5.41, 5.74) is 7.88. The third-order valence-corrected chi connectivity index (χ3v) is 8.24. The molecule has 6 aromatic rings. The first kappa shape index (κ1) is 26.1. The molecule has 0 amide bonds. The molecule has 0 heterocycles. The van der Waals surface area contributed by atoms with Crippen molar-refractivity contribution in [3.8, 4) is 0 Å². The Morgan fingerprint density at radius 1 is 0.425 bits per heavy atom. The van der Waals surface area contributed by atoms with Crippen molar-refractivity contribution in [2.24, 2.45) is 0 Å². The van der Waals surface area contributed by atoms with E-state index in [1.165, 1.54) is 91.4 Å². The van der Waals surface area contributed by atoms with Gasteiger partial charge in [0.15, 0.2) is 0 Å². The van der Waals surface area contributed by atoms with Gasteiger partial charge in [-0.1, -0.05) is 148 Å². The van der Waals surface area contributed by atoms with Crippen molar-refractivity contribution in [3.63, 3.8) is 0 Å². The molecule has 0 aliphatic heterocycles. The maximum atomic E-state index is 2.30. The second kappa shape index (κ2) is 11.9. The van der Waals surface area contributed by atoms with Crippen molar-refractivity contribution < 1.29 is 0 Å². The van der Waals surface area contributed by atoms with E-state index in [4.69, 9.17) is 0 Å². The van der Waals surface area contributed by atoms with Crippen molar-refractivity contribution in [2.45, 2.75) is 52.4 Å². The number of rotatable bonds is 10. The maximum absolute atomic E-state index is 2.30. The minimum absolute atomic E-state index is 1.16. The number of benzene rings is 6. The molecule has 0 heteroatoms. The summed E-state index contributed by atoms with van der Waals surface area (Å²) in [4.78, 5) is 0. The molecule has 0 aliphatic rings. The molecule has 0 aliphatic carbocycles. The van der Waals surface area contributed by atoms with Gasteiger partial charge in [0, 0.05) is 0 Å². The van der Waals surface area contributed by atoms with Crippen molar-refractivity contribution in [2.75, 3.05) is 0 Å². The SMILES string of the molecule is CCCCc1ccc(/C=C/c2ccc3ccc4c(/C=C/c5ccc(CCCC)cc5)ccc5ccc2c3c54)cc1. The molecule has 0 bridgehead atoms. The largest absolute Gasteiger partial charge is 0.0654 e. The zero-order valence-corrected chi connectivity index (χ0v) is 23.8. The average Bonchev–Trinajstić information content (AvgIpc) is 3.01. The fourth-order valence-electron chi connectivity index (χ4n) is 5.86. The zero-order valence-electron chi connectivity index (χ0n) is 23.8. The molecule has 6 rings (SSSR count). The molecular weight excluding hydrogens is 480 g/mol. The van der Waals surface area contributed by atoms with E-state index >= 15 is 0 Å². The number of hydrogen-bond donors (Lipinski definition) is 0. The van der Waals surface area contributed by atoms with Gasteiger partial charge in [-0.25, -0.2) is 0 Å². The summed E-state index contributed by atoms with van der Waals surface area (Å²) < 4.78 is 0. The van der Waals surface area contributed by atoms with Crippen molar-refractivity contribution in [3.05, 3.63) is 130 Å². The highest BCUT2D eigenvalue weighted by Gasteiger charge is 2.11. The Hall–Kier alpha value is -4.16. The Labute approximate surface area is 239 Å². The smallest absolute Gasteiger partial charge is 0.00206 e. The normalized spacial score (nSPS) is 12.2. The summed E-state index contributed by atoms with van der Waals surface area (Å²) in [5, 5.41) is 7.96. The summed E-state index contributed by atoms with van der Waals surface area (Å²) in [5.74, 6) is 0. The first-order chi connectivity index (χ1) is 19.7. The van der Waals surface area contributed by atoms with E-state index in [1.54, 1.807) is 0 Å². The summed E-state index contributed by atoms with van der Waals surface area (Å²) in [6.07, 6.45) is 16.4. The quantitative estimate of drug-likeness (QED) is 0.125. The van der Waals surface area contributed by atoms with Gasteiger partial charge in [0.1, 0.15) is 0 Å². The molecule has 0 N–H and O–H groups in total. The predicted molar refractivity (Wildman–Crippen MR) is 178 cm³/mol. The Morgan fingerprint density at radius 2 is 0.825 bits per heavy atom. The van der Waals surface area contributed by atoms with Crippen LogP contribution in [0.15, 0.2) is 97.1 Å². The Bertz CT molecular complexity index is 1640. The second-order valence-electron chi connectivity index (χ2n) is 11.1. The highest BCUT2D eigenvalue weighted by Crippen LogP contribution is 2.38. The summed E-state index contributed by atoms with van der Waals surface area (Å²) in [6.45, 7) is 4.50. The molecule has 0 unspecified atom stereocenters. The van der Waals surface area contributed by atoms with Crippen LogP contribution in [0, 0.1) is 0 Å². The molecular formula is C40H38. The van der Waals surface area contributed by atoms with E-state index in [9.17, 15) is 0 Å². The van der Waals surface area contributed by atoms with Crippen LogP contribution in [-0.2, 0) is 12.8 Å². The number of hydrogen-bond acceptors (Lipinski definition) is 0. The van der Waals surface area contributed by atoms with E-state index in [-0.39, 0.29) is 0 Å². The zero-order chi connectivity index (χ0) is 27.3. The molecule has 0 spiro atoms. The number of aryl methyl sites for hydroxylation is 2. The van der Waals surface area contributed by atoms with Gasteiger partial charge in [-0.3, -0.25) is 0 Å². The average molecular weight is 519 g/mol. The molecule has 0 fully saturated rings.